The van der Waals surface area contributed by atoms with E-state index in [4.69, 9.17) is 22.1 Å². The third kappa shape index (κ3) is 1.11. The molecular weight excluding hydrogens is 130 g/mol. The molecule has 8 heavy (non-hydrogen) atoms. The van der Waals surface area contributed by atoms with Gasteiger partial charge < -0.3 is 10.5 Å². The van der Waals surface area contributed by atoms with E-state index in [1.807, 2.05) is 0 Å². The molecule has 2 atom stereocenters. The van der Waals surface area contributed by atoms with Crippen LogP contribution in [-0.4, -0.2) is 24.0 Å². The zero-order chi connectivity index (χ0) is 6.15. The first-order valence-corrected chi connectivity index (χ1v) is 2.70. The standard InChI is InChI=1S/C4H6ClNO2/c5-3(4(6)7)2-1-8-2/h2-3H,1H2,(H2,6,7)/t2-,3-/m1/s1. The van der Waals surface area contributed by atoms with Crippen LogP contribution in [0.4, 0.5) is 0 Å². The van der Waals surface area contributed by atoms with Gasteiger partial charge in [-0.15, -0.1) is 11.6 Å². The number of rotatable bonds is 2. The van der Waals surface area contributed by atoms with Gasteiger partial charge in [0.1, 0.15) is 11.5 Å². The molecule has 0 bridgehead atoms. The van der Waals surface area contributed by atoms with Crippen LogP contribution in [0.25, 0.3) is 0 Å². The Balaban J connectivity index is 2.32. The molecule has 1 aliphatic rings. The number of amides is 1. The van der Waals surface area contributed by atoms with Crippen LogP contribution in [0.3, 0.4) is 0 Å². The Morgan fingerprint density at radius 1 is 2.00 bits per heavy atom. The Morgan fingerprint density at radius 2 is 2.50 bits per heavy atom. The Kier molecular flexibility index (Phi) is 1.40. The fraction of sp³-hybridized carbons (Fsp3) is 0.750. The molecule has 4 heteroatoms. The highest BCUT2D eigenvalue weighted by Gasteiger charge is 2.34. The first kappa shape index (κ1) is 5.85. The van der Waals surface area contributed by atoms with Crippen LogP contribution in [0.2, 0.25) is 0 Å². The smallest absolute Gasteiger partial charge is 0.238 e. The first-order chi connectivity index (χ1) is 3.72. The summed E-state index contributed by atoms with van der Waals surface area (Å²) in [6, 6.07) is 0. The van der Waals surface area contributed by atoms with E-state index < -0.39 is 11.3 Å². The Bertz CT molecular complexity index is 113. The van der Waals surface area contributed by atoms with Gasteiger partial charge in [-0.05, 0) is 0 Å². The number of nitrogens with two attached hydrogens (primary N) is 1. The molecule has 1 heterocycles. The normalized spacial score (nSPS) is 29.4. The summed E-state index contributed by atoms with van der Waals surface area (Å²) < 4.78 is 4.70. The number of carbonyl (C=O) groups is 1. The topological polar surface area (TPSA) is 55.6 Å². The fourth-order valence-electron chi connectivity index (χ4n) is 0.408. The predicted molar refractivity (Wildman–Crippen MR) is 28.6 cm³/mol. The first-order valence-electron chi connectivity index (χ1n) is 2.27. The molecule has 46 valence electrons. The van der Waals surface area contributed by atoms with E-state index >= 15 is 0 Å². The number of primary amides is 1. The molecule has 1 fully saturated rings. The SMILES string of the molecule is NC(=O)[C@H](Cl)[C@H]1CO1. The van der Waals surface area contributed by atoms with Gasteiger partial charge in [0.2, 0.25) is 5.91 Å². The fourth-order valence-corrected chi connectivity index (χ4v) is 0.553. The zero-order valence-electron chi connectivity index (χ0n) is 4.13. The van der Waals surface area contributed by atoms with E-state index in [1.165, 1.54) is 0 Å². The van der Waals surface area contributed by atoms with Crippen molar-refractivity contribution in [2.45, 2.75) is 11.5 Å². The number of epoxide rings is 1. The van der Waals surface area contributed by atoms with Crippen molar-refractivity contribution < 1.29 is 9.53 Å². The van der Waals surface area contributed by atoms with Crippen molar-refractivity contribution in [3.63, 3.8) is 0 Å². The molecule has 0 aliphatic carbocycles. The van der Waals surface area contributed by atoms with Gasteiger partial charge in [-0.1, -0.05) is 0 Å². The van der Waals surface area contributed by atoms with Gasteiger partial charge in [0, 0.05) is 0 Å². The number of ether oxygens (including phenoxy) is 1. The monoisotopic (exact) mass is 135 g/mol. The minimum Gasteiger partial charge on any atom is -0.371 e. The van der Waals surface area contributed by atoms with Gasteiger partial charge in [0.05, 0.1) is 6.61 Å². The molecule has 0 spiro atoms. The average Bonchev–Trinajstić information content (AvgIpc) is 2.43. The average molecular weight is 136 g/mol. The summed E-state index contributed by atoms with van der Waals surface area (Å²) in [6.45, 7) is 0.567. The van der Waals surface area contributed by atoms with Crippen LogP contribution in [0.1, 0.15) is 0 Å². The van der Waals surface area contributed by atoms with Crippen molar-refractivity contribution in [2.24, 2.45) is 5.73 Å². The van der Waals surface area contributed by atoms with Gasteiger partial charge in [0.25, 0.3) is 0 Å². The van der Waals surface area contributed by atoms with Gasteiger partial charge >= 0.3 is 0 Å². The Labute approximate surface area is 51.7 Å². The molecule has 1 saturated heterocycles. The lowest BCUT2D eigenvalue weighted by Crippen LogP contribution is -2.27. The summed E-state index contributed by atoms with van der Waals surface area (Å²) in [6.07, 6.45) is -0.117. The van der Waals surface area contributed by atoms with Gasteiger partial charge in [-0.25, -0.2) is 0 Å². The molecule has 0 aromatic heterocycles. The zero-order valence-corrected chi connectivity index (χ0v) is 4.89. The van der Waals surface area contributed by atoms with E-state index in [9.17, 15) is 4.79 Å². The van der Waals surface area contributed by atoms with Crippen molar-refractivity contribution in [3.05, 3.63) is 0 Å². The minimum absolute atomic E-state index is 0.117. The second kappa shape index (κ2) is 1.91. The van der Waals surface area contributed by atoms with Gasteiger partial charge in [-0.3, -0.25) is 4.79 Å². The number of alkyl halides is 1. The molecule has 0 aromatic rings. The molecule has 0 saturated carbocycles. The molecule has 0 radical (unpaired) electrons. The van der Waals surface area contributed by atoms with Crippen LogP contribution in [0, 0.1) is 0 Å². The summed E-state index contributed by atoms with van der Waals surface area (Å²) in [4.78, 5) is 10.2. The minimum atomic E-state index is -0.630. The molecule has 1 aliphatic heterocycles. The maximum atomic E-state index is 10.2. The van der Waals surface area contributed by atoms with Crippen LogP contribution >= 0.6 is 11.6 Å². The summed E-state index contributed by atoms with van der Waals surface area (Å²) in [5.74, 6) is -0.505. The Hall–Kier alpha value is -0.280. The second-order valence-corrected chi connectivity index (χ2v) is 2.15. The van der Waals surface area contributed by atoms with E-state index in [-0.39, 0.29) is 6.10 Å². The van der Waals surface area contributed by atoms with Crippen LogP contribution in [0.5, 0.6) is 0 Å². The van der Waals surface area contributed by atoms with E-state index in [2.05, 4.69) is 0 Å². The second-order valence-electron chi connectivity index (χ2n) is 1.68. The van der Waals surface area contributed by atoms with Crippen molar-refractivity contribution in [1.29, 1.82) is 0 Å². The van der Waals surface area contributed by atoms with Gasteiger partial charge in [0.15, 0.2) is 0 Å². The van der Waals surface area contributed by atoms with Crippen LogP contribution in [-0.2, 0) is 9.53 Å². The highest BCUT2D eigenvalue weighted by atomic mass is 35.5. The third-order valence-electron chi connectivity index (χ3n) is 0.957. The third-order valence-corrected chi connectivity index (χ3v) is 1.45. The van der Waals surface area contributed by atoms with Crippen molar-refractivity contribution in [2.75, 3.05) is 6.61 Å². The Morgan fingerprint density at radius 3 is 2.62 bits per heavy atom. The van der Waals surface area contributed by atoms with E-state index in [0.717, 1.165) is 0 Å². The lowest BCUT2D eigenvalue weighted by Gasteiger charge is -1.95. The highest BCUT2D eigenvalue weighted by Crippen LogP contribution is 2.17. The quantitative estimate of drug-likeness (QED) is 0.409. The maximum Gasteiger partial charge on any atom is 0.238 e. The molecule has 3 nitrogen and oxygen atoms in total. The van der Waals surface area contributed by atoms with Crippen molar-refractivity contribution in [3.8, 4) is 0 Å². The molecule has 1 amide bonds. The van der Waals surface area contributed by atoms with Crippen LogP contribution < -0.4 is 5.73 Å². The number of halogens is 1. The molecular formula is C4H6ClNO2. The maximum absolute atomic E-state index is 10.2. The highest BCUT2D eigenvalue weighted by molar-refractivity contribution is 6.31. The molecule has 0 unspecified atom stereocenters. The molecule has 0 aromatic carbocycles. The van der Waals surface area contributed by atoms with Gasteiger partial charge in [-0.2, -0.15) is 0 Å². The van der Waals surface area contributed by atoms with Crippen LogP contribution in [0.15, 0.2) is 0 Å². The molecule has 2 N–H and O–H groups in total. The lowest BCUT2D eigenvalue weighted by atomic mass is 10.3. The van der Waals surface area contributed by atoms with Crippen molar-refractivity contribution in [1.82, 2.24) is 0 Å². The van der Waals surface area contributed by atoms with Crippen molar-refractivity contribution >= 4 is 17.5 Å². The lowest BCUT2D eigenvalue weighted by molar-refractivity contribution is -0.117. The molecule has 1 rings (SSSR count). The largest absolute Gasteiger partial charge is 0.371 e. The number of hydrogen-bond acceptors (Lipinski definition) is 2. The summed E-state index contributed by atoms with van der Waals surface area (Å²) in [5, 5.41) is -0.630. The predicted octanol–water partition coefficient (Wildman–Crippen LogP) is -0.522. The number of hydrogen-bond donors (Lipinski definition) is 1. The summed E-state index contributed by atoms with van der Waals surface area (Å²) >= 11 is 5.41. The van der Waals surface area contributed by atoms with E-state index in [1.54, 1.807) is 0 Å². The summed E-state index contributed by atoms with van der Waals surface area (Å²) in [7, 11) is 0. The summed E-state index contributed by atoms with van der Waals surface area (Å²) in [5.41, 5.74) is 4.83. The number of carbonyl (C=O) groups excluding carboxylic acids is 1. The van der Waals surface area contributed by atoms with E-state index in [0.29, 0.717) is 6.61 Å².